The Labute approximate surface area is 172 Å². The number of fused-ring (bicyclic) bond motifs is 1. The summed E-state index contributed by atoms with van der Waals surface area (Å²) in [4.78, 5) is 19.0. The highest BCUT2D eigenvalue weighted by molar-refractivity contribution is 5.96. The van der Waals surface area contributed by atoms with Crippen molar-refractivity contribution in [2.75, 3.05) is 11.4 Å². The molecular formula is C24H19F2N3O. The molecule has 0 N–H and O–H groups in total. The summed E-state index contributed by atoms with van der Waals surface area (Å²) in [6.07, 6.45) is 0.231. The average molecular weight is 403 g/mol. The number of para-hydroxylation sites is 3. The highest BCUT2D eigenvalue weighted by Crippen LogP contribution is 2.34. The van der Waals surface area contributed by atoms with E-state index < -0.39 is 5.82 Å². The van der Waals surface area contributed by atoms with Gasteiger partial charge >= 0.3 is 0 Å². The Morgan fingerprint density at radius 3 is 2.40 bits per heavy atom. The fraction of sp³-hybridized carbons (Fsp3) is 0.167. The van der Waals surface area contributed by atoms with E-state index in [0.717, 1.165) is 11.0 Å². The van der Waals surface area contributed by atoms with Crippen LogP contribution in [0.1, 0.15) is 23.7 Å². The largest absolute Gasteiger partial charge is 0.323 e. The Morgan fingerprint density at radius 1 is 0.900 bits per heavy atom. The van der Waals surface area contributed by atoms with Crippen LogP contribution in [0.2, 0.25) is 0 Å². The van der Waals surface area contributed by atoms with Crippen LogP contribution in [-0.4, -0.2) is 22.0 Å². The molecule has 1 aliphatic heterocycles. The standard InChI is InChI=1S/C24H19F2N3O/c25-18-8-2-1-7-16(18)14-29-22-12-6-4-10-20(22)27-24(29)17-13-23(30)28(15-17)21-11-5-3-9-19(21)26/h1-12,17H,13-15H2/t17-/m0/s1. The third-order valence-electron chi connectivity index (χ3n) is 5.60. The number of anilines is 1. The van der Waals surface area contributed by atoms with E-state index in [1.807, 2.05) is 28.8 Å². The lowest BCUT2D eigenvalue weighted by Gasteiger charge is -2.18. The summed E-state index contributed by atoms with van der Waals surface area (Å²) < 4.78 is 30.6. The zero-order chi connectivity index (χ0) is 20.7. The van der Waals surface area contributed by atoms with Crippen LogP contribution < -0.4 is 4.90 Å². The zero-order valence-electron chi connectivity index (χ0n) is 16.1. The summed E-state index contributed by atoms with van der Waals surface area (Å²) in [6, 6.07) is 20.6. The molecule has 0 spiro atoms. The maximum Gasteiger partial charge on any atom is 0.227 e. The monoisotopic (exact) mass is 403 g/mol. The summed E-state index contributed by atoms with van der Waals surface area (Å²) in [6.45, 7) is 0.646. The minimum absolute atomic E-state index is 0.144. The average Bonchev–Trinajstić information content (AvgIpc) is 3.31. The van der Waals surface area contributed by atoms with Gasteiger partial charge in [-0.25, -0.2) is 13.8 Å². The Balaban J connectivity index is 1.55. The number of benzene rings is 3. The van der Waals surface area contributed by atoms with Gasteiger partial charge in [0.2, 0.25) is 5.91 Å². The lowest BCUT2D eigenvalue weighted by atomic mass is 10.1. The lowest BCUT2D eigenvalue weighted by molar-refractivity contribution is -0.117. The van der Waals surface area contributed by atoms with Crippen molar-refractivity contribution in [2.45, 2.75) is 18.9 Å². The maximum absolute atomic E-state index is 14.3. The third-order valence-corrected chi connectivity index (χ3v) is 5.60. The van der Waals surface area contributed by atoms with Crippen molar-refractivity contribution in [3.8, 4) is 0 Å². The van der Waals surface area contributed by atoms with E-state index in [4.69, 9.17) is 4.98 Å². The molecule has 1 aromatic heterocycles. The Morgan fingerprint density at radius 2 is 1.60 bits per heavy atom. The number of amides is 1. The van der Waals surface area contributed by atoms with Gasteiger partial charge in [0.15, 0.2) is 0 Å². The number of aromatic nitrogens is 2. The molecule has 1 atom stereocenters. The lowest BCUT2D eigenvalue weighted by Crippen LogP contribution is -2.25. The SMILES string of the molecule is O=C1C[C@H](c2nc3ccccc3n2Cc2ccccc2F)CN1c1ccccc1F. The minimum Gasteiger partial charge on any atom is -0.323 e. The number of rotatable bonds is 4. The number of halogens is 2. The van der Waals surface area contributed by atoms with Gasteiger partial charge in [0.25, 0.3) is 0 Å². The Kier molecular flexibility index (Phi) is 4.54. The van der Waals surface area contributed by atoms with Gasteiger partial charge in [-0.05, 0) is 30.3 Å². The molecule has 1 saturated heterocycles. The second-order valence-corrected chi connectivity index (χ2v) is 7.49. The van der Waals surface area contributed by atoms with Gasteiger partial charge in [-0.1, -0.05) is 42.5 Å². The van der Waals surface area contributed by atoms with Crippen molar-refractivity contribution in [1.29, 1.82) is 0 Å². The molecule has 150 valence electrons. The number of carbonyl (C=O) groups excluding carboxylic acids is 1. The van der Waals surface area contributed by atoms with Gasteiger partial charge in [0.1, 0.15) is 17.5 Å². The van der Waals surface area contributed by atoms with E-state index in [-0.39, 0.29) is 29.8 Å². The summed E-state index contributed by atoms with van der Waals surface area (Å²) in [5, 5.41) is 0. The Hall–Kier alpha value is -3.54. The molecule has 1 fully saturated rings. The minimum atomic E-state index is -0.425. The molecule has 30 heavy (non-hydrogen) atoms. The van der Waals surface area contributed by atoms with E-state index in [1.54, 1.807) is 36.4 Å². The third kappa shape index (κ3) is 3.14. The van der Waals surface area contributed by atoms with E-state index in [2.05, 4.69) is 0 Å². The van der Waals surface area contributed by atoms with Gasteiger partial charge in [0, 0.05) is 24.4 Å². The molecule has 4 aromatic rings. The van der Waals surface area contributed by atoms with Crippen LogP contribution in [0.3, 0.4) is 0 Å². The van der Waals surface area contributed by atoms with E-state index in [9.17, 15) is 13.6 Å². The van der Waals surface area contributed by atoms with Gasteiger partial charge in [-0.3, -0.25) is 4.79 Å². The molecular weight excluding hydrogens is 384 g/mol. The van der Waals surface area contributed by atoms with Crippen molar-refractivity contribution in [3.63, 3.8) is 0 Å². The van der Waals surface area contributed by atoms with Crippen LogP contribution in [0.25, 0.3) is 11.0 Å². The van der Waals surface area contributed by atoms with Gasteiger partial charge in [0.05, 0.1) is 23.3 Å². The molecule has 3 aromatic carbocycles. The first-order valence-corrected chi connectivity index (χ1v) is 9.85. The molecule has 6 heteroatoms. The van der Waals surface area contributed by atoms with Gasteiger partial charge in [-0.15, -0.1) is 0 Å². The highest BCUT2D eigenvalue weighted by Gasteiger charge is 2.35. The first kappa shape index (κ1) is 18.5. The second-order valence-electron chi connectivity index (χ2n) is 7.49. The summed E-state index contributed by atoms with van der Waals surface area (Å²) in [7, 11) is 0. The number of nitrogens with zero attached hydrogens (tertiary/aromatic N) is 3. The molecule has 5 rings (SSSR count). The summed E-state index contributed by atoms with van der Waals surface area (Å²) >= 11 is 0. The maximum atomic E-state index is 14.3. The predicted molar refractivity (Wildman–Crippen MR) is 111 cm³/mol. The van der Waals surface area contributed by atoms with Crippen molar-refractivity contribution in [1.82, 2.24) is 9.55 Å². The van der Waals surface area contributed by atoms with E-state index in [0.29, 0.717) is 24.5 Å². The highest BCUT2D eigenvalue weighted by atomic mass is 19.1. The number of hydrogen-bond donors (Lipinski definition) is 0. The van der Waals surface area contributed by atoms with Crippen LogP contribution in [0.4, 0.5) is 14.5 Å². The topological polar surface area (TPSA) is 38.1 Å². The summed E-state index contributed by atoms with van der Waals surface area (Å²) in [5.74, 6) is -0.347. The zero-order valence-corrected chi connectivity index (χ0v) is 16.1. The van der Waals surface area contributed by atoms with Crippen LogP contribution in [0, 0.1) is 11.6 Å². The second kappa shape index (κ2) is 7.37. The molecule has 1 aliphatic rings. The van der Waals surface area contributed by atoms with Crippen molar-refractivity contribution in [3.05, 3.63) is 95.8 Å². The van der Waals surface area contributed by atoms with Crippen LogP contribution >= 0.6 is 0 Å². The summed E-state index contributed by atoms with van der Waals surface area (Å²) in [5.41, 5.74) is 2.51. The van der Waals surface area contributed by atoms with E-state index >= 15 is 0 Å². The molecule has 4 nitrogen and oxygen atoms in total. The van der Waals surface area contributed by atoms with Crippen molar-refractivity contribution in [2.24, 2.45) is 0 Å². The molecule has 0 unspecified atom stereocenters. The van der Waals surface area contributed by atoms with Crippen LogP contribution in [-0.2, 0) is 11.3 Å². The van der Waals surface area contributed by atoms with Gasteiger partial charge < -0.3 is 9.47 Å². The predicted octanol–water partition coefficient (Wildman–Crippen LogP) is 4.88. The molecule has 0 bridgehead atoms. The first-order chi connectivity index (χ1) is 14.6. The van der Waals surface area contributed by atoms with Crippen molar-refractivity contribution >= 4 is 22.6 Å². The van der Waals surface area contributed by atoms with Crippen LogP contribution in [0.15, 0.2) is 72.8 Å². The number of carbonyl (C=O) groups is 1. The Bertz CT molecular complexity index is 1250. The first-order valence-electron chi connectivity index (χ1n) is 9.85. The molecule has 0 saturated carbocycles. The molecule has 0 radical (unpaired) electrons. The van der Waals surface area contributed by atoms with Gasteiger partial charge in [-0.2, -0.15) is 0 Å². The number of imidazole rings is 1. The number of hydrogen-bond acceptors (Lipinski definition) is 2. The fourth-order valence-corrected chi connectivity index (χ4v) is 4.15. The quantitative estimate of drug-likeness (QED) is 0.487. The van der Waals surface area contributed by atoms with Crippen LogP contribution in [0.5, 0.6) is 0 Å². The van der Waals surface area contributed by atoms with Crippen molar-refractivity contribution < 1.29 is 13.6 Å². The smallest absolute Gasteiger partial charge is 0.227 e. The molecule has 2 heterocycles. The normalized spacial score (nSPS) is 16.5. The molecule has 0 aliphatic carbocycles. The fourth-order valence-electron chi connectivity index (χ4n) is 4.15. The molecule has 1 amide bonds. The van der Waals surface area contributed by atoms with E-state index in [1.165, 1.54) is 17.0 Å².